The van der Waals surface area contributed by atoms with E-state index in [1.54, 1.807) is 0 Å². The van der Waals surface area contributed by atoms with E-state index in [9.17, 15) is 0 Å². The first-order chi connectivity index (χ1) is 36.5. The topological polar surface area (TPSA) is 13.1 Å². The van der Waals surface area contributed by atoms with Gasteiger partial charge in [0.2, 0.25) is 6.71 Å². The third-order valence-electron chi connectivity index (χ3n) is 16.8. The lowest BCUT2D eigenvalue weighted by molar-refractivity contribution is 0.589. The maximum atomic E-state index is 2.72. The van der Waals surface area contributed by atoms with Gasteiger partial charge in [0.05, 0.1) is 27.8 Å². The van der Waals surface area contributed by atoms with Gasteiger partial charge < -0.3 is 14.0 Å². The van der Waals surface area contributed by atoms with Crippen molar-refractivity contribution in [3.05, 3.63) is 192 Å². The molecule has 3 nitrogen and oxygen atoms in total. The maximum absolute atomic E-state index is 2.72. The molecule has 9 aromatic carbocycles. The summed E-state index contributed by atoms with van der Waals surface area (Å²) in [4.78, 5) is 5.39. The Morgan fingerprint density at radius 2 is 1.00 bits per heavy atom. The van der Waals surface area contributed by atoms with Gasteiger partial charge in [-0.1, -0.05) is 178 Å². The Kier molecular flexibility index (Phi) is 10.6. The molecule has 14 rings (SSSR count). The molecular weight excluding hydrogens is 958 g/mol. The largest absolute Gasteiger partial charge is 0.311 e. The van der Waals surface area contributed by atoms with Gasteiger partial charge in [-0.2, -0.15) is 0 Å². The van der Waals surface area contributed by atoms with Gasteiger partial charge in [-0.05, 0) is 147 Å². The second kappa shape index (κ2) is 17.0. The molecule has 0 N–H and O–H groups in total. The van der Waals surface area contributed by atoms with Crippen LogP contribution in [0.2, 0.25) is 0 Å². The molecule has 374 valence electrons. The molecule has 0 aliphatic carbocycles. The lowest BCUT2D eigenvalue weighted by Crippen LogP contribution is -2.60. The van der Waals surface area contributed by atoms with E-state index in [2.05, 4.69) is 253 Å². The van der Waals surface area contributed by atoms with E-state index < -0.39 is 0 Å². The second-order valence-electron chi connectivity index (χ2n) is 24.8. The number of aromatic nitrogens is 2. The Balaban J connectivity index is 1.05. The number of rotatable bonds is 6. The van der Waals surface area contributed by atoms with Crippen molar-refractivity contribution in [1.82, 2.24) is 9.13 Å². The van der Waals surface area contributed by atoms with E-state index in [-0.39, 0.29) is 23.0 Å². The summed E-state index contributed by atoms with van der Waals surface area (Å²) in [6.07, 6.45) is 3.26. The minimum Gasteiger partial charge on any atom is -0.311 e. The Morgan fingerprint density at radius 3 is 1.62 bits per heavy atom. The van der Waals surface area contributed by atoms with E-state index in [0.29, 0.717) is 0 Å². The normalized spacial score (nSPS) is 13.7. The van der Waals surface area contributed by atoms with Crippen LogP contribution >= 0.6 is 23.1 Å². The van der Waals surface area contributed by atoms with Crippen molar-refractivity contribution in [3.8, 4) is 11.4 Å². The molecule has 76 heavy (non-hydrogen) atoms. The smallest absolute Gasteiger partial charge is 0.249 e. The molecule has 0 saturated carbocycles. The second-order valence-corrected chi connectivity index (χ2v) is 26.9. The van der Waals surface area contributed by atoms with Crippen molar-refractivity contribution in [2.45, 2.75) is 115 Å². The summed E-state index contributed by atoms with van der Waals surface area (Å²) in [5, 5.41) is 7.90. The van der Waals surface area contributed by atoms with Crippen molar-refractivity contribution in [2.24, 2.45) is 0 Å². The number of para-hydroxylation sites is 2. The number of unbranched alkanes of at least 4 members (excludes halogenated alkanes) is 1. The van der Waals surface area contributed by atoms with E-state index >= 15 is 0 Å². The van der Waals surface area contributed by atoms with Gasteiger partial charge in [0, 0.05) is 74.3 Å². The van der Waals surface area contributed by atoms with Crippen LogP contribution in [-0.2, 0) is 22.7 Å². The van der Waals surface area contributed by atoms with Gasteiger partial charge in [-0.15, -0.1) is 11.3 Å². The first-order valence-electron chi connectivity index (χ1n) is 27.5. The average molecular weight is 1020 g/mol. The van der Waals surface area contributed by atoms with Crippen molar-refractivity contribution < 1.29 is 0 Å². The SMILES string of the molecule is CCCCc1c(N2c3cc(-n4c5ccccc5c5cc(C(C)(C)C)ccc54)ccc3B3c4ccc(-n5c6ccccc6c6cc(C(C)(C)C)ccc65)cc4Sc4cc(C(C)(C)C)cc2c43)ccc2c1sc1ccccc12. The van der Waals surface area contributed by atoms with Crippen LogP contribution in [0.1, 0.15) is 104 Å². The first kappa shape index (κ1) is 47.5. The molecule has 12 aromatic rings. The molecular formula is C70H64BN3S2. The van der Waals surface area contributed by atoms with Crippen LogP contribution in [0.5, 0.6) is 0 Å². The molecule has 2 aliphatic rings. The summed E-state index contributed by atoms with van der Waals surface area (Å²) in [6, 6.07) is 66.1. The number of thiophene rings is 1. The van der Waals surface area contributed by atoms with E-state index in [1.165, 1.54) is 141 Å². The van der Waals surface area contributed by atoms with Crippen molar-refractivity contribution in [2.75, 3.05) is 4.90 Å². The fraction of sp³-hybridized carbons (Fsp3) is 0.229. The Labute approximate surface area is 456 Å². The van der Waals surface area contributed by atoms with Crippen LogP contribution in [0, 0.1) is 0 Å². The van der Waals surface area contributed by atoms with Gasteiger partial charge in [-0.25, -0.2) is 0 Å². The quantitative estimate of drug-likeness (QED) is 0.154. The van der Waals surface area contributed by atoms with Crippen molar-refractivity contribution >= 4 is 127 Å². The number of fused-ring (bicyclic) bond motifs is 13. The molecule has 3 aromatic heterocycles. The number of aryl methyl sites for hydroxylation is 1. The van der Waals surface area contributed by atoms with Crippen LogP contribution in [0.4, 0.5) is 17.1 Å². The Morgan fingerprint density at radius 1 is 0.434 bits per heavy atom. The van der Waals surface area contributed by atoms with E-state index in [1.807, 2.05) is 23.1 Å². The number of hydrogen-bond donors (Lipinski definition) is 0. The third kappa shape index (κ3) is 7.23. The van der Waals surface area contributed by atoms with Crippen LogP contribution in [0.3, 0.4) is 0 Å². The molecule has 2 aliphatic heterocycles. The molecule has 0 radical (unpaired) electrons. The summed E-state index contributed by atoms with van der Waals surface area (Å²) < 4.78 is 7.80. The first-order valence-corrected chi connectivity index (χ1v) is 29.1. The van der Waals surface area contributed by atoms with Gasteiger partial charge in [0.15, 0.2) is 0 Å². The molecule has 0 unspecified atom stereocenters. The van der Waals surface area contributed by atoms with Gasteiger partial charge in [0.1, 0.15) is 0 Å². The Bertz CT molecular complexity index is 4390. The van der Waals surface area contributed by atoms with Crippen LogP contribution < -0.4 is 21.3 Å². The minimum atomic E-state index is -0.0955. The fourth-order valence-electron chi connectivity index (χ4n) is 12.8. The molecule has 0 bridgehead atoms. The predicted octanol–water partition coefficient (Wildman–Crippen LogP) is 18.2. The van der Waals surface area contributed by atoms with Crippen molar-refractivity contribution in [1.29, 1.82) is 0 Å². The monoisotopic (exact) mass is 1020 g/mol. The standard InChI is InChI=1S/C70H64BN3S2/c1-11-12-19-51-58(35-30-50-49-22-15-18-25-63(49)76-67(50)51)74-61-40-45(72-56-23-16-13-20-47(56)52-36-42(68(2,3)4)26-33-59(52)72)28-31-54(61)71-55-32-29-46(41-64(55)75-65-39-44(70(8,9)10)38-62(74)66(65)71)73-57-24-17-14-21-48(57)53-37-43(69(5,6)7)27-34-60(53)73/h13-18,20-41H,11-12,19H2,1-10H3. The zero-order valence-electron chi connectivity index (χ0n) is 45.5. The van der Waals surface area contributed by atoms with Crippen LogP contribution in [-0.4, -0.2) is 15.8 Å². The highest BCUT2D eigenvalue weighted by Gasteiger charge is 2.43. The van der Waals surface area contributed by atoms with Crippen LogP contribution in [0.15, 0.2) is 180 Å². The number of anilines is 3. The number of nitrogens with zero attached hydrogens (tertiary/aromatic N) is 3. The Hall–Kier alpha value is -6.99. The summed E-state index contributed by atoms with van der Waals surface area (Å²) in [5.74, 6) is 0. The lowest BCUT2D eigenvalue weighted by atomic mass is 9.34. The lowest BCUT2D eigenvalue weighted by Gasteiger charge is -2.42. The third-order valence-corrected chi connectivity index (χ3v) is 19.2. The molecule has 0 atom stereocenters. The summed E-state index contributed by atoms with van der Waals surface area (Å²) >= 11 is 3.94. The highest BCUT2D eigenvalue weighted by molar-refractivity contribution is 8.00. The molecule has 0 amide bonds. The highest BCUT2D eigenvalue weighted by Crippen LogP contribution is 2.49. The summed E-state index contributed by atoms with van der Waals surface area (Å²) in [6.45, 7) is 23.4. The molecule has 0 saturated heterocycles. The zero-order valence-corrected chi connectivity index (χ0v) is 47.2. The number of hydrogen-bond acceptors (Lipinski definition) is 3. The molecule has 0 spiro atoms. The van der Waals surface area contributed by atoms with Gasteiger partial charge in [0.25, 0.3) is 0 Å². The highest BCUT2D eigenvalue weighted by atomic mass is 32.2. The molecule has 0 fully saturated rings. The van der Waals surface area contributed by atoms with E-state index in [0.717, 1.165) is 19.3 Å². The van der Waals surface area contributed by atoms with E-state index in [4.69, 9.17) is 0 Å². The van der Waals surface area contributed by atoms with Crippen LogP contribution in [0.25, 0.3) is 75.2 Å². The minimum absolute atomic E-state index is 0.0248. The summed E-state index contributed by atoms with van der Waals surface area (Å²) in [7, 11) is 0. The van der Waals surface area contributed by atoms with Gasteiger partial charge >= 0.3 is 0 Å². The number of benzene rings is 9. The maximum Gasteiger partial charge on any atom is 0.249 e. The fourth-order valence-corrected chi connectivity index (χ4v) is 15.3. The van der Waals surface area contributed by atoms with Gasteiger partial charge in [-0.3, -0.25) is 0 Å². The zero-order chi connectivity index (χ0) is 52.2. The predicted molar refractivity (Wildman–Crippen MR) is 333 cm³/mol. The molecule has 6 heteroatoms. The van der Waals surface area contributed by atoms with Crippen molar-refractivity contribution in [3.63, 3.8) is 0 Å². The summed E-state index contributed by atoms with van der Waals surface area (Å²) in [5.41, 5.74) is 20.8. The molecule has 5 heterocycles. The average Bonchev–Trinajstić information content (AvgIpc) is 4.20.